The van der Waals surface area contributed by atoms with Crippen molar-refractivity contribution in [2.24, 2.45) is 40.4 Å². The summed E-state index contributed by atoms with van der Waals surface area (Å²) < 4.78 is 0. The Morgan fingerprint density at radius 2 is 1.90 bits per heavy atom. The van der Waals surface area contributed by atoms with Crippen LogP contribution >= 0.6 is 0 Å². The molecule has 2 saturated carbocycles. The third-order valence-corrected chi connectivity index (χ3v) is 10.4. The monoisotopic (exact) mass is 410 g/mol. The van der Waals surface area contributed by atoms with Crippen LogP contribution < -0.4 is 0 Å². The zero-order valence-corrected chi connectivity index (χ0v) is 20.3. The topological polar surface area (TPSA) is 20.2 Å². The van der Waals surface area contributed by atoms with Gasteiger partial charge in [0, 0.05) is 0 Å². The third kappa shape index (κ3) is 3.58. The highest BCUT2D eigenvalue weighted by atomic mass is 16.3. The zero-order chi connectivity index (χ0) is 21.7. The van der Waals surface area contributed by atoms with Crippen LogP contribution in [0.25, 0.3) is 0 Å². The second-order valence-corrected chi connectivity index (χ2v) is 12.0. The van der Waals surface area contributed by atoms with Crippen LogP contribution in [0.15, 0.2) is 35.5 Å². The van der Waals surface area contributed by atoms with E-state index in [1.54, 1.807) is 5.57 Å². The van der Waals surface area contributed by atoms with Gasteiger partial charge in [0.2, 0.25) is 0 Å². The van der Waals surface area contributed by atoms with E-state index in [0.29, 0.717) is 28.6 Å². The van der Waals surface area contributed by atoms with Gasteiger partial charge in [0.05, 0.1) is 6.10 Å². The number of allylic oxidation sites excluding steroid dienone is 5. The van der Waals surface area contributed by atoms with Crippen LogP contribution in [0, 0.1) is 40.4 Å². The van der Waals surface area contributed by atoms with Gasteiger partial charge in [-0.3, -0.25) is 0 Å². The van der Waals surface area contributed by atoms with Crippen LogP contribution in [0.1, 0.15) is 98.8 Å². The summed E-state index contributed by atoms with van der Waals surface area (Å²) in [6.07, 6.45) is 17.5. The summed E-state index contributed by atoms with van der Waals surface area (Å²) in [7, 11) is 0. The van der Waals surface area contributed by atoms with Gasteiger partial charge in [-0.1, -0.05) is 63.1 Å². The van der Waals surface area contributed by atoms with Crippen LogP contribution in [0.2, 0.25) is 0 Å². The van der Waals surface area contributed by atoms with Crippen molar-refractivity contribution >= 4 is 0 Å². The first-order valence-electron chi connectivity index (χ1n) is 12.9. The number of hydrogen-bond donors (Lipinski definition) is 1. The zero-order valence-electron chi connectivity index (χ0n) is 20.3. The first-order chi connectivity index (χ1) is 14.2. The van der Waals surface area contributed by atoms with Crippen LogP contribution in [-0.2, 0) is 0 Å². The Morgan fingerprint density at radius 1 is 1.13 bits per heavy atom. The molecule has 8 atom stereocenters. The van der Waals surface area contributed by atoms with Gasteiger partial charge in [-0.15, -0.1) is 0 Å². The fourth-order valence-electron chi connectivity index (χ4n) is 8.28. The second kappa shape index (κ2) is 8.27. The molecule has 1 N–H and O–H groups in total. The molecule has 4 rings (SSSR count). The van der Waals surface area contributed by atoms with E-state index in [9.17, 15) is 5.11 Å². The summed E-state index contributed by atoms with van der Waals surface area (Å²) in [5, 5.41) is 10.3. The quantitative estimate of drug-likeness (QED) is 0.442. The van der Waals surface area contributed by atoms with Crippen molar-refractivity contribution in [2.75, 3.05) is 0 Å². The van der Waals surface area contributed by atoms with Gasteiger partial charge in [0.1, 0.15) is 0 Å². The normalized spacial score (nSPS) is 42.3. The van der Waals surface area contributed by atoms with Crippen LogP contribution in [0.5, 0.6) is 0 Å². The molecule has 168 valence electrons. The van der Waals surface area contributed by atoms with Gasteiger partial charge in [0.25, 0.3) is 0 Å². The van der Waals surface area contributed by atoms with E-state index in [1.807, 2.05) is 5.57 Å². The molecule has 0 amide bonds. The molecule has 1 unspecified atom stereocenters. The third-order valence-electron chi connectivity index (χ3n) is 10.4. The van der Waals surface area contributed by atoms with Gasteiger partial charge in [-0.25, -0.2) is 0 Å². The molecule has 0 aromatic rings. The van der Waals surface area contributed by atoms with Crippen molar-refractivity contribution in [1.82, 2.24) is 0 Å². The molecule has 0 aliphatic heterocycles. The predicted octanol–water partition coefficient (Wildman–Crippen LogP) is 7.87. The highest BCUT2D eigenvalue weighted by Crippen LogP contribution is 2.65. The molecule has 1 heteroatoms. The van der Waals surface area contributed by atoms with Crippen LogP contribution in [0.3, 0.4) is 0 Å². The fraction of sp³-hybridized carbons (Fsp3) is 0.793. The minimum absolute atomic E-state index is 0.0568. The van der Waals surface area contributed by atoms with Crippen LogP contribution in [-0.4, -0.2) is 11.2 Å². The molecule has 4 aliphatic carbocycles. The Bertz CT molecular complexity index is 729. The van der Waals surface area contributed by atoms with E-state index in [4.69, 9.17) is 0 Å². The molecule has 0 spiro atoms. The lowest BCUT2D eigenvalue weighted by Gasteiger charge is -2.57. The first-order valence-corrected chi connectivity index (χ1v) is 12.9. The van der Waals surface area contributed by atoms with Gasteiger partial charge in [-0.2, -0.15) is 0 Å². The highest BCUT2D eigenvalue weighted by Gasteiger charge is 2.56. The van der Waals surface area contributed by atoms with Gasteiger partial charge in [-0.05, 0) is 112 Å². The predicted molar refractivity (Wildman–Crippen MR) is 128 cm³/mol. The summed E-state index contributed by atoms with van der Waals surface area (Å²) >= 11 is 0. The van der Waals surface area contributed by atoms with E-state index >= 15 is 0 Å². The lowest BCUT2D eigenvalue weighted by molar-refractivity contribution is -0.0341. The summed E-state index contributed by atoms with van der Waals surface area (Å²) in [4.78, 5) is 0. The number of hydrogen-bond acceptors (Lipinski definition) is 1. The molecule has 0 aromatic carbocycles. The van der Waals surface area contributed by atoms with E-state index in [2.05, 4.69) is 53.3 Å². The number of fused-ring (bicyclic) bond motifs is 5. The number of rotatable bonds is 6. The van der Waals surface area contributed by atoms with Crippen molar-refractivity contribution in [3.05, 3.63) is 35.5 Å². The average Bonchev–Trinajstić information content (AvgIpc) is 3.06. The van der Waals surface area contributed by atoms with Crippen molar-refractivity contribution < 1.29 is 5.11 Å². The van der Waals surface area contributed by atoms with Gasteiger partial charge >= 0.3 is 0 Å². The Kier molecular flexibility index (Phi) is 6.17. The van der Waals surface area contributed by atoms with E-state index in [-0.39, 0.29) is 6.10 Å². The Balaban J connectivity index is 1.50. The molecule has 2 fully saturated rings. The average molecular weight is 411 g/mol. The Hall–Kier alpha value is -0.820. The lowest BCUT2D eigenvalue weighted by atomic mass is 9.47. The maximum absolute atomic E-state index is 10.3. The van der Waals surface area contributed by atoms with Crippen LogP contribution in [0.4, 0.5) is 0 Å². The Labute approximate surface area is 186 Å². The fourth-order valence-corrected chi connectivity index (χ4v) is 8.28. The standard InChI is InChI=1S/C29H46O/c1-7-21(19(2)3)9-8-20(4)25-12-13-26-24-11-10-22-18-23(30)14-16-28(22,5)27(24)15-17-29(25,26)6/h11-12,20-23,26-27,30H,2,7-10,13-18H2,1,3-6H3/t20-,21-,22?,23+,26+,27+,28+,29-/m1/s1. The first kappa shape index (κ1) is 22.4. The maximum atomic E-state index is 10.3. The molecule has 30 heavy (non-hydrogen) atoms. The molecule has 0 bridgehead atoms. The van der Waals surface area contributed by atoms with Crippen molar-refractivity contribution in [2.45, 2.75) is 105 Å². The van der Waals surface area contributed by atoms with E-state index < -0.39 is 0 Å². The SMILES string of the molecule is C=C(C)[C@H](CC)CC[C@@H](C)C1=CC[C@H]2C3=CCC4C[C@@H](O)CC[C@]4(C)[C@H]3CC[C@]12C. The summed E-state index contributed by atoms with van der Waals surface area (Å²) in [5.74, 6) is 3.58. The molecule has 0 heterocycles. The van der Waals surface area contributed by atoms with E-state index in [1.165, 1.54) is 56.9 Å². The smallest absolute Gasteiger partial charge is 0.0543 e. The van der Waals surface area contributed by atoms with Gasteiger partial charge < -0.3 is 5.11 Å². The second-order valence-electron chi connectivity index (χ2n) is 12.0. The summed E-state index contributed by atoms with van der Waals surface area (Å²) in [6.45, 7) is 16.4. The largest absolute Gasteiger partial charge is 0.393 e. The maximum Gasteiger partial charge on any atom is 0.0543 e. The minimum Gasteiger partial charge on any atom is -0.393 e. The molecular weight excluding hydrogens is 364 g/mol. The highest BCUT2D eigenvalue weighted by molar-refractivity contribution is 5.36. The molecule has 1 nitrogen and oxygen atoms in total. The van der Waals surface area contributed by atoms with Crippen molar-refractivity contribution in [3.63, 3.8) is 0 Å². The molecule has 0 radical (unpaired) electrons. The number of aliphatic hydroxyl groups excluding tert-OH is 1. The molecule has 4 aliphatic rings. The number of aliphatic hydroxyl groups is 1. The van der Waals surface area contributed by atoms with E-state index in [0.717, 1.165) is 24.7 Å². The Morgan fingerprint density at radius 3 is 2.60 bits per heavy atom. The molecule has 0 aromatic heterocycles. The van der Waals surface area contributed by atoms with Crippen molar-refractivity contribution in [1.29, 1.82) is 0 Å². The van der Waals surface area contributed by atoms with Gasteiger partial charge in [0.15, 0.2) is 0 Å². The summed E-state index contributed by atoms with van der Waals surface area (Å²) in [5.41, 5.74) is 5.75. The molecule has 0 saturated heterocycles. The summed E-state index contributed by atoms with van der Waals surface area (Å²) in [6, 6.07) is 0. The minimum atomic E-state index is -0.0568. The lowest BCUT2D eigenvalue weighted by Crippen LogP contribution is -2.49. The van der Waals surface area contributed by atoms with Crippen molar-refractivity contribution in [3.8, 4) is 0 Å². The molecular formula is C29H46O.